The van der Waals surface area contributed by atoms with Gasteiger partial charge in [0.1, 0.15) is 0 Å². The van der Waals surface area contributed by atoms with E-state index < -0.39 is 0 Å². The standard InChI is InChI=1S/C13H20N2S/c14-11-5-9(6-11)7-13-15-12(8-16-13)10-3-1-2-4-10/h8-11H,1-7,14H2. The number of nitrogens with two attached hydrogens (primary N) is 1. The molecule has 1 aromatic heterocycles. The number of nitrogens with zero attached hydrogens (tertiary/aromatic N) is 1. The fraction of sp³-hybridized carbons (Fsp3) is 0.769. The molecule has 16 heavy (non-hydrogen) atoms. The second-order valence-electron chi connectivity index (χ2n) is 5.45. The van der Waals surface area contributed by atoms with Crippen LogP contribution >= 0.6 is 11.3 Å². The van der Waals surface area contributed by atoms with Gasteiger partial charge < -0.3 is 5.73 Å². The highest BCUT2D eigenvalue weighted by Gasteiger charge is 2.27. The number of hydrogen-bond donors (Lipinski definition) is 1. The molecular formula is C13H20N2S. The van der Waals surface area contributed by atoms with Crippen LogP contribution in [0.3, 0.4) is 0 Å². The summed E-state index contributed by atoms with van der Waals surface area (Å²) in [5.41, 5.74) is 7.19. The maximum Gasteiger partial charge on any atom is 0.0931 e. The Labute approximate surface area is 101 Å². The molecule has 0 atom stereocenters. The second kappa shape index (κ2) is 4.46. The van der Waals surface area contributed by atoms with Crippen LogP contribution in [-0.4, -0.2) is 11.0 Å². The summed E-state index contributed by atoms with van der Waals surface area (Å²) in [7, 11) is 0. The highest BCUT2D eigenvalue weighted by molar-refractivity contribution is 7.09. The van der Waals surface area contributed by atoms with Gasteiger partial charge in [0.2, 0.25) is 0 Å². The maximum atomic E-state index is 5.81. The fourth-order valence-corrected chi connectivity index (χ4v) is 4.02. The van der Waals surface area contributed by atoms with Crippen molar-refractivity contribution in [1.82, 2.24) is 4.98 Å². The first kappa shape index (κ1) is 10.7. The van der Waals surface area contributed by atoms with Crippen molar-refractivity contribution in [2.45, 2.75) is 56.9 Å². The average molecular weight is 236 g/mol. The van der Waals surface area contributed by atoms with Crippen molar-refractivity contribution in [3.8, 4) is 0 Å². The van der Waals surface area contributed by atoms with Gasteiger partial charge in [-0.25, -0.2) is 4.98 Å². The van der Waals surface area contributed by atoms with Crippen molar-refractivity contribution in [2.75, 3.05) is 0 Å². The lowest BCUT2D eigenvalue weighted by Gasteiger charge is -2.31. The van der Waals surface area contributed by atoms with Crippen molar-refractivity contribution < 1.29 is 0 Å². The minimum Gasteiger partial charge on any atom is -0.328 e. The molecule has 3 rings (SSSR count). The molecule has 0 saturated heterocycles. The second-order valence-corrected chi connectivity index (χ2v) is 6.39. The maximum absolute atomic E-state index is 5.81. The van der Waals surface area contributed by atoms with Crippen molar-refractivity contribution in [2.24, 2.45) is 11.7 Å². The van der Waals surface area contributed by atoms with Gasteiger partial charge in [0, 0.05) is 23.8 Å². The quantitative estimate of drug-likeness (QED) is 0.876. The highest BCUT2D eigenvalue weighted by Crippen LogP contribution is 2.36. The normalized spacial score (nSPS) is 30.6. The van der Waals surface area contributed by atoms with E-state index in [1.54, 1.807) is 0 Å². The molecule has 1 heterocycles. The van der Waals surface area contributed by atoms with E-state index in [0.29, 0.717) is 6.04 Å². The predicted octanol–water partition coefficient (Wildman–Crippen LogP) is 3.08. The van der Waals surface area contributed by atoms with Crippen LogP contribution in [0.4, 0.5) is 0 Å². The lowest BCUT2D eigenvalue weighted by molar-refractivity contribution is 0.264. The lowest BCUT2D eigenvalue weighted by atomic mass is 9.79. The Kier molecular flexibility index (Phi) is 2.99. The van der Waals surface area contributed by atoms with Gasteiger partial charge in [-0.3, -0.25) is 0 Å². The number of hydrogen-bond acceptors (Lipinski definition) is 3. The molecule has 88 valence electrons. The molecule has 3 heteroatoms. The molecule has 0 bridgehead atoms. The van der Waals surface area contributed by atoms with Gasteiger partial charge in [0.05, 0.1) is 10.7 Å². The summed E-state index contributed by atoms with van der Waals surface area (Å²) in [6.45, 7) is 0. The monoisotopic (exact) mass is 236 g/mol. The van der Waals surface area contributed by atoms with Crippen molar-refractivity contribution in [3.05, 3.63) is 16.1 Å². The van der Waals surface area contributed by atoms with Crippen LogP contribution in [0.25, 0.3) is 0 Å². The third-order valence-corrected chi connectivity index (χ3v) is 4.97. The molecule has 0 unspecified atom stereocenters. The van der Waals surface area contributed by atoms with Gasteiger partial charge in [-0.05, 0) is 31.6 Å². The van der Waals surface area contributed by atoms with Crippen LogP contribution in [0.15, 0.2) is 5.38 Å². The summed E-state index contributed by atoms with van der Waals surface area (Å²) in [5, 5.41) is 3.64. The summed E-state index contributed by atoms with van der Waals surface area (Å²) in [6.07, 6.45) is 9.10. The first-order valence-electron chi connectivity index (χ1n) is 6.51. The van der Waals surface area contributed by atoms with E-state index in [9.17, 15) is 0 Å². The first-order valence-corrected chi connectivity index (χ1v) is 7.39. The van der Waals surface area contributed by atoms with Crippen LogP contribution in [-0.2, 0) is 6.42 Å². The van der Waals surface area contributed by atoms with Crippen LogP contribution in [0.1, 0.15) is 55.1 Å². The fourth-order valence-electron chi connectivity index (χ4n) is 3.03. The number of thiazole rings is 1. The summed E-state index contributed by atoms with van der Waals surface area (Å²) < 4.78 is 0. The molecular weight excluding hydrogens is 216 g/mol. The third kappa shape index (κ3) is 2.16. The van der Waals surface area contributed by atoms with Gasteiger partial charge in [0.15, 0.2) is 0 Å². The molecule has 0 spiro atoms. The van der Waals surface area contributed by atoms with Crippen LogP contribution < -0.4 is 5.73 Å². The summed E-state index contributed by atoms with van der Waals surface area (Å²) >= 11 is 1.86. The van der Waals surface area contributed by atoms with E-state index in [0.717, 1.165) is 11.8 Å². The Bertz CT molecular complexity index is 349. The molecule has 2 aliphatic carbocycles. The summed E-state index contributed by atoms with van der Waals surface area (Å²) in [4.78, 5) is 4.82. The van der Waals surface area contributed by atoms with E-state index >= 15 is 0 Å². The van der Waals surface area contributed by atoms with E-state index in [-0.39, 0.29) is 0 Å². The van der Waals surface area contributed by atoms with E-state index in [2.05, 4.69) is 5.38 Å². The van der Waals surface area contributed by atoms with Crippen molar-refractivity contribution >= 4 is 11.3 Å². The SMILES string of the molecule is NC1CC(Cc2nc(C3CCCC3)cs2)C1. The van der Waals surface area contributed by atoms with Crippen molar-refractivity contribution in [1.29, 1.82) is 0 Å². The van der Waals surface area contributed by atoms with Crippen molar-refractivity contribution in [3.63, 3.8) is 0 Å². The Morgan fingerprint density at radius 3 is 2.75 bits per heavy atom. The minimum absolute atomic E-state index is 0.472. The zero-order valence-corrected chi connectivity index (χ0v) is 10.5. The molecule has 2 fully saturated rings. The van der Waals surface area contributed by atoms with Crippen LogP contribution in [0.5, 0.6) is 0 Å². The topological polar surface area (TPSA) is 38.9 Å². The van der Waals surface area contributed by atoms with E-state index in [1.165, 1.54) is 55.6 Å². The molecule has 2 N–H and O–H groups in total. The van der Waals surface area contributed by atoms with Crippen LogP contribution in [0.2, 0.25) is 0 Å². The molecule has 0 aliphatic heterocycles. The first-order chi connectivity index (χ1) is 7.81. The van der Waals surface area contributed by atoms with Gasteiger partial charge in [-0.15, -0.1) is 11.3 Å². The molecule has 0 aromatic carbocycles. The molecule has 2 saturated carbocycles. The molecule has 0 amide bonds. The van der Waals surface area contributed by atoms with Gasteiger partial charge in [0.25, 0.3) is 0 Å². The van der Waals surface area contributed by atoms with Gasteiger partial charge >= 0.3 is 0 Å². The third-order valence-electron chi connectivity index (χ3n) is 4.08. The Morgan fingerprint density at radius 1 is 1.31 bits per heavy atom. The zero-order valence-electron chi connectivity index (χ0n) is 9.69. The molecule has 2 aliphatic rings. The molecule has 0 radical (unpaired) electrons. The molecule has 1 aromatic rings. The number of rotatable bonds is 3. The number of aromatic nitrogens is 1. The zero-order chi connectivity index (χ0) is 11.0. The Hall–Kier alpha value is -0.410. The highest BCUT2D eigenvalue weighted by atomic mass is 32.1. The summed E-state index contributed by atoms with van der Waals surface area (Å²) in [6, 6.07) is 0.472. The Balaban J connectivity index is 1.59. The largest absolute Gasteiger partial charge is 0.328 e. The average Bonchev–Trinajstić information content (AvgIpc) is 2.84. The molecule has 2 nitrogen and oxygen atoms in total. The lowest BCUT2D eigenvalue weighted by Crippen LogP contribution is -2.37. The van der Waals surface area contributed by atoms with Gasteiger partial charge in [-0.2, -0.15) is 0 Å². The van der Waals surface area contributed by atoms with Gasteiger partial charge in [-0.1, -0.05) is 12.8 Å². The van der Waals surface area contributed by atoms with E-state index in [1.807, 2.05) is 11.3 Å². The predicted molar refractivity (Wildman–Crippen MR) is 67.7 cm³/mol. The summed E-state index contributed by atoms with van der Waals surface area (Å²) in [5.74, 6) is 1.59. The Morgan fingerprint density at radius 2 is 2.06 bits per heavy atom. The van der Waals surface area contributed by atoms with E-state index in [4.69, 9.17) is 10.7 Å². The van der Waals surface area contributed by atoms with Crippen LogP contribution in [0, 0.1) is 5.92 Å². The smallest absolute Gasteiger partial charge is 0.0931 e. The minimum atomic E-state index is 0.472.